The summed E-state index contributed by atoms with van der Waals surface area (Å²) in [5.74, 6) is 0.690. The maximum atomic E-state index is 14.2. The molecule has 0 radical (unpaired) electrons. The summed E-state index contributed by atoms with van der Waals surface area (Å²) in [6.45, 7) is 4.37. The molecule has 11 nitrogen and oxygen atoms in total. The van der Waals surface area contributed by atoms with Crippen molar-refractivity contribution in [2.24, 2.45) is 5.92 Å². The molecule has 0 bridgehead atoms. The molecule has 45 heavy (non-hydrogen) atoms. The lowest BCUT2D eigenvalue weighted by atomic mass is 9.96. The van der Waals surface area contributed by atoms with Crippen LogP contribution in [0.3, 0.4) is 0 Å². The van der Waals surface area contributed by atoms with E-state index in [1.54, 1.807) is 13.2 Å². The highest BCUT2D eigenvalue weighted by Crippen LogP contribution is 2.37. The van der Waals surface area contributed by atoms with E-state index in [9.17, 15) is 14.4 Å². The number of esters is 1. The third kappa shape index (κ3) is 7.45. The summed E-state index contributed by atoms with van der Waals surface area (Å²) < 4.78 is 28.7. The fourth-order valence-electron chi connectivity index (χ4n) is 6.86. The van der Waals surface area contributed by atoms with Crippen molar-refractivity contribution in [3.63, 3.8) is 0 Å². The van der Waals surface area contributed by atoms with Crippen LogP contribution < -0.4 is 19.5 Å². The highest BCUT2D eigenvalue weighted by molar-refractivity contribution is 5.91. The van der Waals surface area contributed by atoms with Crippen molar-refractivity contribution in [2.45, 2.75) is 95.9 Å². The minimum Gasteiger partial charge on any atom is -0.496 e. The van der Waals surface area contributed by atoms with Crippen molar-refractivity contribution < 1.29 is 38.1 Å². The molecule has 3 atom stereocenters. The second kappa shape index (κ2) is 14.8. The number of amides is 2. The van der Waals surface area contributed by atoms with E-state index in [1.807, 2.05) is 38.1 Å². The molecule has 3 aliphatic rings. The summed E-state index contributed by atoms with van der Waals surface area (Å²) in [5, 5.41) is 3.63. The molecule has 2 aromatic rings. The van der Waals surface area contributed by atoms with Gasteiger partial charge in [-0.3, -0.25) is 4.79 Å². The summed E-state index contributed by atoms with van der Waals surface area (Å²) in [7, 11) is 2.92. The number of allylic oxidation sites excluding steroid dienone is 1. The Morgan fingerprint density at radius 1 is 1.02 bits per heavy atom. The van der Waals surface area contributed by atoms with Gasteiger partial charge >= 0.3 is 12.1 Å². The molecule has 2 heterocycles. The first-order chi connectivity index (χ1) is 21.8. The van der Waals surface area contributed by atoms with E-state index in [2.05, 4.69) is 10.3 Å². The molecule has 244 valence electrons. The number of aromatic nitrogens is 1. The van der Waals surface area contributed by atoms with Crippen LogP contribution in [0, 0.1) is 5.92 Å². The lowest BCUT2D eigenvalue weighted by Crippen LogP contribution is -2.55. The van der Waals surface area contributed by atoms with Crippen LogP contribution in [-0.4, -0.2) is 79.5 Å². The molecule has 11 heteroatoms. The van der Waals surface area contributed by atoms with Gasteiger partial charge in [0.15, 0.2) is 0 Å². The van der Waals surface area contributed by atoms with Gasteiger partial charge in [-0.15, -0.1) is 0 Å². The van der Waals surface area contributed by atoms with Crippen molar-refractivity contribution >= 4 is 34.9 Å². The third-order valence-electron chi connectivity index (χ3n) is 9.04. The molecule has 1 aliphatic heterocycles. The molecule has 1 saturated heterocycles. The Labute approximate surface area is 264 Å². The largest absolute Gasteiger partial charge is 0.496 e. The van der Waals surface area contributed by atoms with Gasteiger partial charge in [0.1, 0.15) is 35.8 Å². The minimum atomic E-state index is -0.859. The van der Waals surface area contributed by atoms with E-state index >= 15 is 0 Å². The number of carbonyl (C=O) groups excluding carboxylic acids is 3. The normalized spacial score (nSPS) is 21.3. The molecular formula is C34H45N3O8. The highest BCUT2D eigenvalue weighted by atomic mass is 16.6. The van der Waals surface area contributed by atoms with E-state index in [0.29, 0.717) is 29.5 Å². The molecule has 3 fully saturated rings. The van der Waals surface area contributed by atoms with E-state index < -0.39 is 30.3 Å². The first-order valence-electron chi connectivity index (χ1n) is 16.2. The Hall–Kier alpha value is -4.02. The maximum absolute atomic E-state index is 14.2. The minimum absolute atomic E-state index is 0.0372. The van der Waals surface area contributed by atoms with Gasteiger partial charge in [0.2, 0.25) is 11.8 Å². The zero-order valence-electron chi connectivity index (χ0n) is 26.7. The molecule has 2 saturated carbocycles. The van der Waals surface area contributed by atoms with Gasteiger partial charge in [-0.2, -0.15) is 0 Å². The number of alkyl carbamates (subject to hydrolysis) is 1. The van der Waals surface area contributed by atoms with Gasteiger partial charge in [0, 0.05) is 29.5 Å². The molecule has 1 aromatic heterocycles. The quantitative estimate of drug-likeness (QED) is 0.327. The Bertz CT molecular complexity index is 1400. The average molecular weight is 624 g/mol. The smallest absolute Gasteiger partial charge is 0.408 e. The van der Waals surface area contributed by atoms with E-state index in [1.165, 1.54) is 12.0 Å². The maximum Gasteiger partial charge on any atom is 0.408 e. The molecule has 2 aliphatic carbocycles. The Balaban J connectivity index is 1.42. The second-order valence-corrected chi connectivity index (χ2v) is 12.0. The number of nitrogens with zero attached hydrogens (tertiary/aromatic N) is 2. The fraction of sp³-hybridized carbons (Fsp3) is 0.588. The Morgan fingerprint density at radius 3 is 2.42 bits per heavy atom. The molecule has 2 amide bonds. The first-order valence-corrected chi connectivity index (χ1v) is 16.2. The molecule has 1 N–H and O–H groups in total. The zero-order valence-corrected chi connectivity index (χ0v) is 26.7. The summed E-state index contributed by atoms with van der Waals surface area (Å²) in [6.07, 6.45) is 10.2. The van der Waals surface area contributed by atoms with Gasteiger partial charge in [-0.05, 0) is 64.4 Å². The van der Waals surface area contributed by atoms with Crippen molar-refractivity contribution in [3.8, 4) is 17.4 Å². The summed E-state index contributed by atoms with van der Waals surface area (Å²) in [6, 6.07) is 3.86. The van der Waals surface area contributed by atoms with Gasteiger partial charge in [-0.1, -0.05) is 25.0 Å². The number of pyridine rings is 1. The number of nitrogens with one attached hydrogen (secondary N) is 1. The number of likely N-dealkylation sites (tertiary alicyclic amines) is 1. The molecule has 0 spiro atoms. The lowest BCUT2D eigenvalue weighted by molar-refractivity contribution is -0.152. The van der Waals surface area contributed by atoms with Crippen LogP contribution in [0.2, 0.25) is 0 Å². The standard InChI is InChI=1S/C34H45N3O8/c1-5-11-22-16-25-26(18-28(22)41-3)35-30(43-6-2)19-29(25)44-24-17-27(33(39)42-4)37(20-24)32(38)31(21-12-7-8-13-21)36-34(40)45-23-14-9-10-15-23/h5,11,16,18-19,21,23-24,27,31H,6-10,12-15,17,20H2,1-4H3,(H,36,40)/b11-5+/t24-,27+,31+/m1/s1. The van der Waals surface area contributed by atoms with Gasteiger partial charge in [0.25, 0.3) is 0 Å². The van der Waals surface area contributed by atoms with Crippen LogP contribution in [0.15, 0.2) is 24.3 Å². The van der Waals surface area contributed by atoms with Crippen LogP contribution in [0.25, 0.3) is 17.0 Å². The van der Waals surface area contributed by atoms with Crippen molar-refractivity contribution in [1.29, 1.82) is 0 Å². The van der Waals surface area contributed by atoms with Crippen molar-refractivity contribution in [2.75, 3.05) is 27.4 Å². The number of hydrogen-bond donors (Lipinski definition) is 1. The number of ether oxygens (including phenoxy) is 5. The number of benzene rings is 1. The Kier molecular flexibility index (Phi) is 10.7. The van der Waals surface area contributed by atoms with E-state index in [0.717, 1.165) is 62.3 Å². The van der Waals surface area contributed by atoms with Gasteiger partial charge in [0.05, 0.1) is 32.9 Å². The number of carbonyl (C=O) groups is 3. The number of rotatable bonds is 11. The van der Waals surface area contributed by atoms with Crippen LogP contribution in [0.1, 0.15) is 77.2 Å². The molecule has 5 rings (SSSR count). The van der Waals surface area contributed by atoms with Gasteiger partial charge in [-0.25, -0.2) is 14.6 Å². The van der Waals surface area contributed by atoms with Crippen molar-refractivity contribution in [1.82, 2.24) is 15.2 Å². The second-order valence-electron chi connectivity index (χ2n) is 12.0. The monoisotopic (exact) mass is 623 g/mol. The summed E-state index contributed by atoms with van der Waals surface area (Å²) in [5.41, 5.74) is 1.48. The van der Waals surface area contributed by atoms with Crippen molar-refractivity contribution in [3.05, 3.63) is 29.8 Å². The zero-order chi connectivity index (χ0) is 31.9. The third-order valence-corrected chi connectivity index (χ3v) is 9.04. The molecule has 1 aromatic carbocycles. The Morgan fingerprint density at radius 2 is 1.76 bits per heavy atom. The SMILES string of the molecule is C/C=C/c1cc2c(O[C@@H]3C[C@@H](C(=O)OC)N(C(=O)[C@@H](NC(=O)OC4CCCC4)C4CCCC4)C3)cc(OCC)nc2cc1OC. The van der Waals surface area contributed by atoms with Crippen LogP contribution in [0.4, 0.5) is 4.79 Å². The van der Waals surface area contributed by atoms with Crippen LogP contribution in [0.5, 0.6) is 17.4 Å². The topological polar surface area (TPSA) is 126 Å². The van der Waals surface area contributed by atoms with Crippen LogP contribution >= 0.6 is 0 Å². The van der Waals surface area contributed by atoms with Crippen LogP contribution in [-0.2, 0) is 19.1 Å². The molecule has 0 unspecified atom stereocenters. The number of fused-ring (bicyclic) bond motifs is 1. The summed E-state index contributed by atoms with van der Waals surface area (Å²) in [4.78, 5) is 46.3. The molecular weight excluding hydrogens is 578 g/mol. The fourth-order valence-corrected chi connectivity index (χ4v) is 6.86. The highest BCUT2D eigenvalue weighted by Gasteiger charge is 2.46. The number of methoxy groups -OCH3 is 2. The average Bonchev–Trinajstić information content (AvgIpc) is 3.83. The predicted octanol–water partition coefficient (Wildman–Crippen LogP) is 5.42. The first kappa shape index (κ1) is 32.4. The predicted molar refractivity (Wildman–Crippen MR) is 168 cm³/mol. The summed E-state index contributed by atoms with van der Waals surface area (Å²) >= 11 is 0. The van der Waals surface area contributed by atoms with E-state index in [4.69, 9.17) is 23.7 Å². The number of hydrogen-bond acceptors (Lipinski definition) is 9. The lowest BCUT2D eigenvalue weighted by Gasteiger charge is -2.31. The van der Waals surface area contributed by atoms with Gasteiger partial charge < -0.3 is 33.9 Å². The van der Waals surface area contributed by atoms with E-state index in [-0.39, 0.29) is 30.9 Å².